The first-order chi connectivity index (χ1) is 9.97. The van der Waals surface area contributed by atoms with Crippen LogP contribution in [0.2, 0.25) is 0 Å². The molecular weight excluding hydrogens is 264 g/mol. The van der Waals surface area contributed by atoms with E-state index in [0.717, 1.165) is 19.6 Å². The largest absolute Gasteiger partial charge is 0.385 e. The smallest absolute Gasteiger partial charge is 0.239 e. The molecule has 0 aromatic heterocycles. The molecule has 118 valence electrons. The van der Waals surface area contributed by atoms with Crippen molar-refractivity contribution in [1.82, 2.24) is 9.80 Å². The molecule has 1 unspecified atom stereocenters. The fraction of sp³-hybridized carbons (Fsp3) is 0.588. The number of nitrogens with zero attached hydrogens (tertiary/aromatic N) is 2. The van der Waals surface area contributed by atoms with Crippen LogP contribution >= 0.6 is 0 Å². The first-order valence-corrected chi connectivity index (χ1v) is 7.46. The Balaban J connectivity index is 2.55. The zero-order valence-electron chi connectivity index (χ0n) is 13.9. The fourth-order valence-electron chi connectivity index (χ4n) is 2.28. The summed E-state index contributed by atoms with van der Waals surface area (Å²) in [6, 6.07) is 8.07. The van der Waals surface area contributed by atoms with Gasteiger partial charge in [-0.15, -0.1) is 0 Å². The molecule has 0 spiro atoms. The van der Waals surface area contributed by atoms with Crippen LogP contribution in [-0.2, 0) is 16.1 Å². The summed E-state index contributed by atoms with van der Waals surface area (Å²) in [6.45, 7) is 6.28. The third-order valence-corrected chi connectivity index (χ3v) is 3.92. The van der Waals surface area contributed by atoms with E-state index in [2.05, 4.69) is 24.0 Å². The molecule has 21 heavy (non-hydrogen) atoms. The maximum absolute atomic E-state index is 12.5. The summed E-state index contributed by atoms with van der Waals surface area (Å²) >= 11 is 0. The molecule has 0 saturated heterocycles. The molecule has 1 rings (SSSR count). The van der Waals surface area contributed by atoms with Gasteiger partial charge in [0.05, 0.1) is 6.04 Å². The summed E-state index contributed by atoms with van der Waals surface area (Å²) in [5, 5.41) is 0. The lowest BCUT2D eigenvalue weighted by atomic mass is 10.1. The monoisotopic (exact) mass is 292 g/mol. The first-order valence-electron chi connectivity index (χ1n) is 7.46. The van der Waals surface area contributed by atoms with Gasteiger partial charge in [-0.25, -0.2) is 0 Å². The first kappa shape index (κ1) is 17.7. The van der Waals surface area contributed by atoms with Crippen molar-refractivity contribution >= 4 is 5.91 Å². The van der Waals surface area contributed by atoms with Gasteiger partial charge in [-0.2, -0.15) is 0 Å². The molecule has 0 radical (unpaired) electrons. The molecule has 0 fully saturated rings. The van der Waals surface area contributed by atoms with E-state index in [0.29, 0.717) is 6.54 Å². The average molecular weight is 292 g/mol. The third kappa shape index (κ3) is 5.48. The zero-order valence-corrected chi connectivity index (χ0v) is 13.9. The third-order valence-electron chi connectivity index (χ3n) is 3.92. The zero-order chi connectivity index (χ0) is 15.8. The molecule has 4 heteroatoms. The van der Waals surface area contributed by atoms with Crippen LogP contribution in [-0.4, -0.2) is 56.1 Å². The fourth-order valence-corrected chi connectivity index (χ4v) is 2.28. The molecule has 0 N–H and O–H groups in total. The van der Waals surface area contributed by atoms with Crippen LogP contribution in [0.15, 0.2) is 24.3 Å². The van der Waals surface area contributed by atoms with Gasteiger partial charge in [0.1, 0.15) is 0 Å². The highest BCUT2D eigenvalue weighted by Crippen LogP contribution is 2.11. The van der Waals surface area contributed by atoms with Crippen molar-refractivity contribution < 1.29 is 9.53 Å². The van der Waals surface area contributed by atoms with Gasteiger partial charge in [0.25, 0.3) is 0 Å². The van der Waals surface area contributed by atoms with Crippen molar-refractivity contribution in [3.8, 4) is 0 Å². The van der Waals surface area contributed by atoms with Crippen LogP contribution in [0.3, 0.4) is 0 Å². The summed E-state index contributed by atoms with van der Waals surface area (Å²) in [4.78, 5) is 16.4. The normalized spacial score (nSPS) is 12.5. The van der Waals surface area contributed by atoms with E-state index in [1.807, 2.05) is 33.2 Å². The summed E-state index contributed by atoms with van der Waals surface area (Å²) in [5.74, 6) is 0.151. The van der Waals surface area contributed by atoms with E-state index in [9.17, 15) is 4.79 Å². The van der Waals surface area contributed by atoms with Crippen LogP contribution < -0.4 is 0 Å². The molecule has 0 bridgehead atoms. The van der Waals surface area contributed by atoms with Gasteiger partial charge in [0.2, 0.25) is 5.91 Å². The maximum Gasteiger partial charge on any atom is 0.239 e. The number of ether oxygens (including phenoxy) is 1. The average Bonchev–Trinajstić information content (AvgIpc) is 2.48. The van der Waals surface area contributed by atoms with Crippen LogP contribution in [0.1, 0.15) is 24.5 Å². The Kier molecular flexibility index (Phi) is 7.40. The summed E-state index contributed by atoms with van der Waals surface area (Å²) in [6.07, 6.45) is 0.937. The van der Waals surface area contributed by atoms with Crippen molar-refractivity contribution in [2.75, 3.05) is 34.4 Å². The van der Waals surface area contributed by atoms with Gasteiger partial charge in [-0.1, -0.05) is 24.3 Å². The molecule has 0 heterocycles. The Bertz CT molecular complexity index is 448. The van der Waals surface area contributed by atoms with Gasteiger partial charge in [0.15, 0.2) is 0 Å². The van der Waals surface area contributed by atoms with E-state index in [-0.39, 0.29) is 11.9 Å². The number of aryl methyl sites for hydroxylation is 1. The van der Waals surface area contributed by atoms with Gasteiger partial charge < -0.3 is 9.64 Å². The van der Waals surface area contributed by atoms with E-state index < -0.39 is 0 Å². The van der Waals surface area contributed by atoms with Gasteiger partial charge in [-0.05, 0) is 38.4 Å². The highest BCUT2D eigenvalue weighted by molar-refractivity contribution is 5.81. The quantitative estimate of drug-likeness (QED) is 0.689. The number of hydrogen-bond donors (Lipinski definition) is 0. The molecule has 1 aromatic carbocycles. The van der Waals surface area contributed by atoms with Gasteiger partial charge in [-0.3, -0.25) is 9.69 Å². The highest BCUT2D eigenvalue weighted by atomic mass is 16.5. The lowest BCUT2D eigenvalue weighted by Crippen LogP contribution is -2.44. The molecule has 0 aliphatic rings. The second kappa shape index (κ2) is 8.80. The molecule has 4 nitrogen and oxygen atoms in total. The number of carbonyl (C=O) groups is 1. The summed E-state index contributed by atoms with van der Waals surface area (Å²) in [5.41, 5.74) is 2.42. The van der Waals surface area contributed by atoms with Crippen molar-refractivity contribution in [3.05, 3.63) is 35.4 Å². The Hall–Kier alpha value is -1.39. The van der Waals surface area contributed by atoms with Crippen molar-refractivity contribution in [2.24, 2.45) is 0 Å². The number of methoxy groups -OCH3 is 1. The topological polar surface area (TPSA) is 32.8 Å². The van der Waals surface area contributed by atoms with Crippen LogP contribution in [0.4, 0.5) is 0 Å². The Morgan fingerprint density at radius 2 is 1.95 bits per heavy atom. The standard InChI is InChI=1S/C17H28N2O2/c1-14-9-6-7-10-16(14)13-19(4)17(20)15(2)18(3)11-8-12-21-5/h6-7,9-10,15H,8,11-13H2,1-5H3. The Morgan fingerprint density at radius 1 is 1.29 bits per heavy atom. The Morgan fingerprint density at radius 3 is 2.57 bits per heavy atom. The SMILES string of the molecule is COCCCN(C)C(C)C(=O)N(C)Cc1ccccc1C. The van der Waals surface area contributed by atoms with E-state index in [4.69, 9.17) is 4.74 Å². The number of rotatable bonds is 8. The van der Waals surface area contributed by atoms with E-state index in [1.165, 1.54) is 11.1 Å². The maximum atomic E-state index is 12.5. The molecule has 1 atom stereocenters. The number of carbonyl (C=O) groups excluding carboxylic acids is 1. The van der Waals surface area contributed by atoms with E-state index >= 15 is 0 Å². The second-order valence-corrected chi connectivity index (χ2v) is 5.62. The minimum absolute atomic E-state index is 0.115. The summed E-state index contributed by atoms with van der Waals surface area (Å²) < 4.78 is 5.05. The number of benzene rings is 1. The number of hydrogen-bond acceptors (Lipinski definition) is 3. The van der Waals surface area contributed by atoms with Crippen molar-refractivity contribution in [2.45, 2.75) is 32.9 Å². The van der Waals surface area contributed by atoms with Gasteiger partial charge in [0, 0.05) is 33.9 Å². The highest BCUT2D eigenvalue weighted by Gasteiger charge is 2.21. The number of amides is 1. The molecule has 1 amide bonds. The predicted molar refractivity (Wildman–Crippen MR) is 86.2 cm³/mol. The molecule has 0 aliphatic carbocycles. The van der Waals surface area contributed by atoms with Crippen LogP contribution in [0, 0.1) is 6.92 Å². The second-order valence-electron chi connectivity index (χ2n) is 5.62. The Labute approximate surface area is 128 Å². The molecule has 1 aromatic rings. The van der Waals surface area contributed by atoms with Crippen LogP contribution in [0.5, 0.6) is 0 Å². The molecule has 0 saturated carbocycles. The van der Waals surface area contributed by atoms with Crippen molar-refractivity contribution in [1.29, 1.82) is 0 Å². The van der Waals surface area contributed by atoms with Crippen molar-refractivity contribution in [3.63, 3.8) is 0 Å². The molecular formula is C17H28N2O2. The predicted octanol–water partition coefficient (Wildman–Crippen LogP) is 2.31. The molecule has 0 aliphatic heterocycles. The van der Waals surface area contributed by atoms with Gasteiger partial charge >= 0.3 is 0 Å². The lowest BCUT2D eigenvalue weighted by molar-refractivity contribution is -0.135. The van der Waals surface area contributed by atoms with E-state index in [1.54, 1.807) is 12.0 Å². The minimum atomic E-state index is -0.115. The van der Waals surface area contributed by atoms with Crippen LogP contribution in [0.25, 0.3) is 0 Å². The number of likely N-dealkylation sites (N-methyl/N-ethyl adjacent to an activating group) is 2. The minimum Gasteiger partial charge on any atom is -0.385 e. The summed E-state index contributed by atoms with van der Waals surface area (Å²) in [7, 11) is 5.55. The lowest BCUT2D eigenvalue weighted by Gasteiger charge is -2.28.